The van der Waals surface area contributed by atoms with Gasteiger partial charge < -0.3 is 19.1 Å². The Morgan fingerprint density at radius 1 is 1.44 bits per heavy atom. The van der Waals surface area contributed by atoms with E-state index in [0.29, 0.717) is 33.2 Å². The van der Waals surface area contributed by atoms with Gasteiger partial charge in [0.2, 0.25) is 5.43 Å². The predicted octanol–water partition coefficient (Wildman–Crippen LogP) is 3.14. The average molecular weight is 457 g/mol. The molecule has 0 saturated carbocycles. The van der Waals surface area contributed by atoms with Crippen LogP contribution in [0.3, 0.4) is 0 Å². The lowest BCUT2D eigenvalue weighted by atomic mass is 10.1. The first-order valence-corrected chi connectivity index (χ1v) is 9.31. The normalized spacial score (nSPS) is 21.2. The number of hydrogen-bond acceptors (Lipinski definition) is 4. The van der Waals surface area contributed by atoms with Crippen molar-refractivity contribution in [3.8, 4) is 0 Å². The van der Waals surface area contributed by atoms with E-state index in [0.717, 1.165) is 30.5 Å². The third-order valence-electron chi connectivity index (χ3n) is 4.65. The summed E-state index contributed by atoms with van der Waals surface area (Å²) in [6.45, 7) is 0.402. The van der Waals surface area contributed by atoms with Gasteiger partial charge in [0.1, 0.15) is 12.1 Å². The number of ether oxygens (including phenoxy) is 2. The highest BCUT2D eigenvalue weighted by Gasteiger charge is 2.26. The number of pyridine rings is 1. The van der Waals surface area contributed by atoms with Gasteiger partial charge in [0, 0.05) is 12.8 Å². The predicted molar refractivity (Wildman–Crippen MR) is 99.5 cm³/mol. The molecule has 4 rings (SSSR count). The minimum Gasteiger partial charge on any atom is -0.471 e. The molecule has 2 aromatic rings. The number of halogens is 2. The minimum atomic E-state index is -0.434. The number of aromatic nitrogens is 1. The van der Waals surface area contributed by atoms with Crippen LogP contribution in [0.2, 0.25) is 0 Å². The quantitative estimate of drug-likeness (QED) is 0.569. The van der Waals surface area contributed by atoms with Crippen LogP contribution in [-0.4, -0.2) is 22.6 Å². The van der Waals surface area contributed by atoms with Crippen molar-refractivity contribution in [3.05, 3.63) is 49.3 Å². The molecule has 2 aliphatic rings. The molecule has 0 spiro atoms. The first-order chi connectivity index (χ1) is 12.1. The summed E-state index contributed by atoms with van der Waals surface area (Å²) in [6, 6.07) is 2.69. The third kappa shape index (κ3) is 2.88. The lowest BCUT2D eigenvalue weighted by Crippen LogP contribution is -2.21. The second-order valence-corrected chi connectivity index (χ2v) is 7.34. The van der Waals surface area contributed by atoms with E-state index in [1.165, 1.54) is 12.1 Å². The molecule has 3 heterocycles. The van der Waals surface area contributed by atoms with E-state index in [2.05, 4.69) is 0 Å². The summed E-state index contributed by atoms with van der Waals surface area (Å²) >= 11 is 1.91. The fourth-order valence-electron chi connectivity index (χ4n) is 3.51. The van der Waals surface area contributed by atoms with Crippen molar-refractivity contribution in [2.75, 3.05) is 6.61 Å². The van der Waals surface area contributed by atoms with Gasteiger partial charge in [-0.15, -0.1) is 0 Å². The monoisotopic (exact) mass is 457 g/mol. The van der Waals surface area contributed by atoms with Crippen molar-refractivity contribution in [3.63, 3.8) is 0 Å². The number of aliphatic hydroxyl groups is 1. The minimum absolute atomic E-state index is 0.255. The summed E-state index contributed by atoms with van der Waals surface area (Å²) in [5, 5.41) is 10.1. The first kappa shape index (κ1) is 17.0. The van der Waals surface area contributed by atoms with Crippen molar-refractivity contribution in [2.24, 2.45) is 0 Å². The summed E-state index contributed by atoms with van der Waals surface area (Å²) in [7, 11) is 0. The molecule has 132 valence electrons. The smallest absolute Gasteiger partial charge is 0.203 e. The Kier molecular flexibility index (Phi) is 4.55. The Balaban J connectivity index is 1.85. The molecule has 0 bridgehead atoms. The van der Waals surface area contributed by atoms with Crippen molar-refractivity contribution < 1.29 is 19.0 Å². The van der Waals surface area contributed by atoms with Gasteiger partial charge in [-0.05, 0) is 53.1 Å². The Morgan fingerprint density at radius 2 is 2.28 bits per heavy atom. The number of hydrogen-bond donors (Lipinski definition) is 1. The molecular weight excluding hydrogens is 440 g/mol. The SMILES string of the molecule is O=c1c(I)c(CO)n2c3c(cc(F)cc13)CC2=COC1CCCCO1. The molecule has 2 aliphatic heterocycles. The van der Waals surface area contributed by atoms with Crippen LogP contribution in [0.15, 0.2) is 23.2 Å². The number of nitrogens with zero attached hydrogens (tertiary/aromatic N) is 1. The van der Waals surface area contributed by atoms with Gasteiger partial charge in [0.05, 0.1) is 39.1 Å². The Bertz CT molecular complexity index is 931. The molecule has 7 heteroatoms. The van der Waals surface area contributed by atoms with Gasteiger partial charge in [-0.1, -0.05) is 0 Å². The van der Waals surface area contributed by atoms with Gasteiger partial charge >= 0.3 is 0 Å². The summed E-state index contributed by atoms with van der Waals surface area (Å²) in [5.41, 5.74) is 2.38. The fraction of sp³-hybridized carbons (Fsp3) is 0.389. The van der Waals surface area contributed by atoms with Gasteiger partial charge in [0.25, 0.3) is 0 Å². The molecule has 1 unspecified atom stereocenters. The maximum atomic E-state index is 13.9. The van der Waals surface area contributed by atoms with Crippen LogP contribution in [0.25, 0.3) is 16.6 Å². The second kappa shape index (κ2) is 6.69. The molecule has 1 N–H and O–H groups in total. The number of benzene rings is 1. The van der Waals surface area contributed by atoms with E-state index in [-0.39, 0.29) is 18.3 Å². The van der Waals surface area contributed by atoms with E-state index in [1.54, 1.807) is 6.26 Å². The standard InChI is InChI=1S/C18H17FINO4/c19-11-5-10-6-12(9-25-15-3-1-2-4-24-15)21-14(8-22)16(20)18(23)13(7-11)17(10)21/h5,7,9,15,22H,1-4,6,8H2. The van der Waals surface area contributed by atoms with Gasteiger partial charge in [-0.25, -0.2) is 4.39 Å². The fourth-order valence-corrected chi connectivity index (χ4v) is 4.21. The number of aliphatic hydroxyl groups excluding tert-OH is 1. The van der Waals surface area contributed by atoms with Crippen molar-refractivity contribution in [1.82, 2.24) is 4.57 Å². The molecule has 1 atom stereocenters. The average Bonchev–Trinajstić information content (AvgIpc) is 2.97. The second-order valence-electron chi connectivity index (χ2n) is 6.26. The van der Waals surface area contributed by atoms with Gasteiger partial charge in [-0.3, -0.25) is 4.79 Å². The molecule has 0 amide bonds. The molecule has 1 fully saturated rings. The lowest BCUT2D eigenvalue weighted by Gasteiger charge is -2.22. The summed E-state index contributed by atoms with van der Waals surface area (Å²) < 4.78 is 27.5. The highest BCUT2D eigenvalue weighted by Crippen LogP contribution is 2.34. The van der Waals surface area contributed by atoms with Crippen LogP contribution in [-0.2, 0) is 22.5 Å². The zero-order valence-electron chi connectivity index (χ0n) is 13.4. The molecule has 5 nitrogen and oxygen atoms in total. The van der Waals surface area contributed by atoms with E-state index in [4.69, 9.17) is 9.47 Å². The topological polar surface area (TPSA) is 60.7 Å². The summed E-state index contributed by atoms with van der Waals surface area (Å²) in [5.74, 6) is -0.434. The molecular formula is C18H17FINO4. The van der Waals surface area contributed by atoms with E-state index < -0.39 is 5.82 Å². The molecule has 1 saturated heterocycles. The maximum absolute atomic E-state index is 13.9. The van der Waals surface area contributed by atoms with Crippen LogP contribution < -0.4 is 5.43 Å². The number of allylic oxidation sites excluding steroid dienone is 1. The van der Waals surface area contributed by atoms with Gasteiger partial charge in [0.15, 0.2) is 6.29 Å². The highest BCUT2D eigenvalue weighted by molar-refractivity contribution is 14.1. The molecule has 25 heavy (non-hydrogen) atoms. The molecule has 1 aromatic heterocycles. The highest BCUT2D eigenvalue weighted by atomic mass is 127. The molecule has 0 aliphatic carbocycles. The van der Waals surface area contributed by atoms with Crippen molar-refractivity contribution in [1.29, 1.82) is 0 Å². The van der Waals surface area contributed by atoms with E-state index >= 15 is 0 Å². The Hall–Kier alpha value is -1.45. The third-order valence-corrected chi connectivity index (χ3v) is 5.76. The van der Waals surface area contributed by atoms with Crippen LogP contribution in [0.4, 0.5) is 4.39 Å². The largest absolute Gasteiger partial charge is 0.471 e. The van der Waals surface area contributed by atoms with Crippen molar-refractivity contribution >= 4 is 39.2 Å². The zero-order valence-corrected chi connectivity index (χ0v) is 15.6. The lowest BCUT2D eigenvalue weighted by molar-refractivity contribution is -0.129. The van der Waals surface area contributed by atoms with Crippen LogP contribution in [0.5, 0.6) is 0 Å². The van der Waals surface area contributed by atoms with Crippen LogP contribution in [0, 0.1) is 9.39 Å². The van der Waals surface area contributed by atoms with Crippen LogP contribution in [0.1, 0.15) is 30.5 Å². The Labute approximate surface area is 157 Å². The number of rotatable bonds is 3. The summed E-state index contributed by atoms with van der Waals surface area (Å²) in [4.78, 5) is 12.5. The van der Waals surface area contributed by atoms with Crippen LogP contribution >= 0.6 is 22.6 Å². The molecule has 1 aromatic carbocycles. The Morgan fingerprint density at radius 3 is 3.00 bits per heavy atom. The van der Waals surface area contributed by atoms with Crippen molar-refractivity contribution in [2.45, 2.75) is 38.6 Å². The molecule has 0 radical (unpaired) electrons. The summed E-state index contributed by atoms with van der Waals surface area (Å²) in [6.07, 6.45) is 4.69. The van der Waals surface area contributed by atoms with E-state index in [1.807, 2.05) is 27.2 Å². The maximum Gasteiger partial charge on any atom is 0.203 e. The first-order valence-electron chi connectivity index (χ1n) is 8.23. The van der Waals surface area contributed by atoms with Gasteiger partial charge in [-0.2, -0.15) is 0 Å². The van der Waals surface area contributed by atoms with E-state index in [9.17, 15) is 14.3 Å². The zero-order chi connectivity index (χ0) is 17.6.